The second-order valence-corrected chi connectivity index (χ2v) is 6.05. The van der Waals surface area contributed by atoms with Crippen LogP contribution in [0.4, 0.5) is 0 Å². The molecule has 0 aromatic heterocycles. The Morgan fingerprint density at radius 2 is 2.00 bits per heavy atom. The van der Waals surface area contributed by atoms with Gasteiger partial charge in [0.15, 0.2) is 0 Å². The highest BCUT2D eigenvalue weighted by Crippen LogP contribution is 2.37. The van der Waals surface area contributed by atoms with Gasteiger partial charge in [-0.25, -0.2) is 13.6 Å². The SMILES string of the molecule is NS(=O)(=O)CC1CCC2CCCC2O1. The van der Waals surface area contributed by atoms with Crippen LogP contribution in [-0.4, -0.2) is 26.4 Å². The number of fused-ring (bicyclic) bond motifs is 1. The highest BCUT2D eigenvalue weighted by Gasteiger charge is 2.35. The van der Waals surface area contributed by atoms with Crippen molar-refractivity contribution in [2.24, 2.45) is 11.1 Å². The summed E-state index contributed by atoms with van der Waals surface area (Å²) in [7, 11) is -3.38. The van der Waals surface area contributed by atoms with Crippen LogP contribution in [0.3, 0.4) is 0 Å². The van der Waals surface area contributed by atoms with Crippen LogP contribution in [0.1, 0.15) is 32.1 Å². The molecule has 3 atom stereocenters. The number of rotatable bonds is 2. The topological polar surface area (TPSA) is 69.4 Å². The van der Waals surface area contributed by atoms with E-state index >= 15 is 0 Å². The molecule has 5 heteroatoms. The summed E-state index contributed by atoms with van der Waals surface area (Å²) in [6, 6.07) is 0. The number of sulfonamides is 1. The van der Waals surface area contributed by atoms with Gasteiger partial charge in [0.05, 0.1) is 18.0 Å². The molecule has 0 spiro atoms. The molecule has 1 saturated heterocycles. The van der Waals surface area contributed by atoms with Crippen molar-refractivity contribution in [1.29, 1.82) is 0 Å². The van der Waals surface area contributed by atoms with Gasteiger partial charge in [0, 0.05) is 0 Å². The largest absolute Gasteiger partial charge is 0.374 e. The van der Waals surface area contributed by atoms with Crippen molar-refractivity contribution in [3.8, 4) is 0 Å². The zero-order valence-corrected chi connectivity index (χ0v) is 9.00. The molecular weight excluding hydrogens is 202 g/mol. The summed E-state index contributed by atoms with van der Waals surface area (Å²) >= 11 is 0. The number of primary sulfonamides is 1. The van der Waals surface area contributed by atoms with Gasteiger partial charge in [-0.15, -0.1) is 0 Å². The second kappa shape index (κ2) is 3.79. The van der Waals surface area contributed by atoms with E-state index in [4.69, 9.17) is 9.88 Å². The predicted molar refractivity (Wildman–Crippen MR) is 53.2 cm³/mol. The number of ether oxygens (including phenoxy) is 1. The van der Waals surface area contributed by atoms with Crippen molar-refractivity contribution in [1.82, 2.24) is 0 Å². The lowest BCUT2D eigenvalue weighted by molar-refractivity contribution is -0.0590. The predicted octanol–water partition coefficient (Wildman–Crippen LogP) is 0.623. The highest BCUT2D eigenvalue weighted by atomic mass is 32.2. The first kappa shape index (κ1) is 10.4. The van der Waals surface area contributed by atoms with Crippen LogP contribution in [0.2, 0.25) is 0 Å². The third-order valence-electron chi connectivity index (χ3n) is 3.23. The van der Waals surface area contributed by atoms with E-state index < -0.39 is 10.0 Å². The first-order chi connectivity index (χ1) is 6.54. The molecule has 14 heavy (non-hydrogen) atoms. The van der Waals surface area contributed by atoms with Gasteiger partial charge < -0.3 is 4.74 Å². The average molecular weight is 219 g/mol. The first-order valence-electron chi connectivity index (χ1n) is 5.20. The summed E-state index contributed by atoms with van der Waals surface area (Å²) in [5.74, 6) is 0.655. The minimum Gasteiger partial charge on any atom is -0.374 e. The van der Waals surface area contributed by atoms with Crippen LogP contribution in [0.5, 0.6) is 0 Å². The van der Waals surface area contributed by atoms with Crippen LogP contribution in [0.15, 0.2) is 0 Å². The lowest BCUT2D eigenvalue weighted by atomic mass is 9.94. The molecule has 0 aromatic carbocycles. The summed E-state index contributed by atoms with van der Waals surface area (Å²) in [5.41, 5.74) is 0. The maximum Gasteiger partial charge on any atom is 0.211 e. The molecule has 82 valence electrons. The second-order valence-electron chi connectivity index (χ2n) is 4.39. The summed E-state index contributed by atoms with van der Waals surface area (Å²) < 4.78 is 27.5. The first-order valence-corrected chi connectivity index (χ1v) is 6.92. The molecular formula is C9H17NO3S. The smallest absolute Gasteiger partial charge is 0.211 e. The fourth-order valence-electron chi connectivity index (χ4n) is 2.61. The standard InChI is InChI=1S/C9H17NO3S/c10-14(11,12)6-8-5-4-7-2-1-3-9(7)13-8/h7-9H,1-6H2,(H2,10,11,12). The normalized spacial score (nSPS) is 38.2. The quantitative estimate of drug-likeness (QED) is 0.740. The average Bonchev–Trinajstić information content (AvgIpc) is 2.47. The molecule has 4 nitrogen and oxygen atoms in total. The van der Waals surface area contributed by atoms with E-state index in [1.165, 1.54) is 12.8 Å². The van der Waals surface area contributed by atoms with Crippen LogP contribution >= 0.6 is 0 Å². The lowest BCUT2D eigenvalue weighted by Gasteiger charge is -2.32. The van der Waals surface area contributed by atoms with Crippen molar-refractivity contribution >= 4 is 10.0 Å². The van der Waals surface area contributed by atoms with Gasteiger partial charge in [0.2, 0.25) is 10.0 Å². The molecule has 0 amide bonds. The van der Waals surface area contributed by atoms with E-state index in [1.54, 1.807) is 0 Å². The van der Waals surface area contributed by atoms with Crippen LogP contribution in [0.25, 0.3) is 0 Å². The molecule has 2 aliphatic rings. The molecule has 0 bridgehead atoms. The van der Waals surface area contributed by atoms with E-state index in [0.717, 1.165) is 19.3 Å². The number of hydrogen-bond acceptors (Lipinski definition) is 3. The van der Waals surface area contributed by atoms with E-state index in [1.807, 2.05) is 0 Å². The third-order valence-corrected chi connectivity index (χ3v) is 4.07. The van der Waals surface area contributed by atoms with Crippen molar-refractivity contribution in [3.63, 3.8) is 0 Å². The molecule has 2 fully saturated rings. The zero-order chi connectivity index (χ0) is 10.2. The summed E-state index contributed by atoms with van der Waals surface area (Å²) in [4.78, 5) is 0. The molecule has 0 radical (unpaired) electrons. The van der Waals surface area contributed by atoms with Crippen LogP contribution < -0.4 is 5.14 Å². The molecule has 2 rings (SSSR count). The molecule has 3 unspecified atom stereocenters. The Kier molecular flexibility index (Phi) is 2.81. The van der Waals surface area contributed by atoms with Gasteiger partial charge >= 0.3 is 0 Å². The zero-order valence-electron chi connectivity index (χ0n) is 8.19. The van der Waals surface area contributed by atoms with Gasteiger partial charge in [-0.3, -0.25) is 0 Å². The van der Waals surface area contributed by atoms with Gasteiger partial charge in [-0.1, -0.05) is 6.42 Å². The fraction of sp³-hybridized carbons (Fsp3) is 1.00. The van der Waals surface area contributed by atoms with E-state index in [9.17, 15) is 8.42 Å². The van der Waals surface area contributed by atoms with Crippen molar-refractivity contribution < 1.29 is 13.2 Å². The van der Waals surface area contributed by atoms with Gasteiger partial charge in [0.1, 0.15) is 0 Å². The Labute approximate surface area is 84.9 Å². The van der Waals surface area contributed by atoms with Crippen molar-refractivity contribution in [3.05, 3.63) is 0 Å². The maximum atomic E-state index is 10.9. The minimum atomic E-state index is -3.38. The molecule has 1 aliphatic carbocycles. The van der Waals surface area contributed by atoms with Crippen molar-refractivity contribution in [2.45, 2.75) is 44.3 Å². The molecule has 2 N–H and O–H groups in total. The molecule has 0 aromatic rings. The highest BCUT2D eigenvalue weighted by molar-refractivity contribution is 7.89. The van der Waals surface area contributed by atoms with Crippen molar-refractivity contribution in [2.75, 3.05) is 5.75 Å². The summed E-state index contributed by atoms with van der Waals surface area (Å²) in [5, 5.41) is 5.00. The Hall–Kier alpha value is -0.130. The van der Waals surface area contributed by atoms with Gasteiger partial charge in [-0.05, 0) is 31.6 Å². The summed E-state index contributed by atoms with van der Waals surface area (Å²) in [6.45, 7) is 0. The Morgan fingerprint density at radius 3 is 2.71 bits per heavy atom. The lowest BCUT2D eigenvalue weighted by Crippen LogP contribution is -2.37. The van der Waals surface area contributed by atoms with Crippen LogP contribution in [-0.2, 0) is 14.8 Å². The molecule has 1 saturated carbocycles. The third kappa shape index (κ3) is 2.46. The number of hydrogen-bond donors (Lipinski definition) is 1. The Morgan fingerprint density at radius 1 is 1.21 bits per heavy atom. The Bertz CT molecular complexity index is 301. The molecule has 1 heterocycles. The molecule has 1 aliphatic heterocycles. The van der Waals surface area contributed by atoms with E-state index in [-0.39, 0.29) is 11.9 Å². The van der Waals surface area contributed by atoms with E-state index in [0.29, 0.717) is 12.0 Å². The van der Waals surface area contributed by atoms with Gasteiger partial charge in [-0.2, -0.15) is 0 Å². The summed E-state index contributed by atoms with van der Waals surface area (Å²) in [6.07, 6.45) is 5.64. The fourth-order valence-corrected chi connectivity index (χ4v) is 3.37. The van der Waals surface area contributed by atoms with Crippen LogP contribution in [0, 0.1) is 5.92 Å². The minimum absolute atomic E-state index is 0.0176. The van der Waals surface area contributed by atoms with E-state index in [2.05, 4.69) is 0 Å². The monoisotopic (exact) mass is 219 g/mol. The Balaban J connectivity index is 1.91. The number of nitrogens with two attached hydrogens (primary N) is 1. The van der Waals surface area contributed by atoms with Gasteiger partial charge in [0.25, 0.3) is 0 Å². The maximum absolute atomic E-state index is 10.9.